The average molecular weight is 521 g/mol. The summed E-state index contributed by atoms with van der Waals surface area (Å²) in [5.41, 5.74) is 5.32. The summed E-state index contributed by atoms with van der Waals surface area (Å²) in [6.45, 7) is 13.6. The first kappa shape index (κ1) is 26.9. The van der Waals surface area contributed by atoms with Crippen LogP contribution in [0.25, 0.3) is 0 Å². The van der Waals surface area contributed by atoms with Gasteiger partial charge in [-0.1, -0.05) is 13.3 Å². The number of aryl methyl sites for hydroxylation is 1. The molecule has 7 heteroatoms. The Hall–Kier alpha value is -2.38. The van der Waals surface area contributed by atoms with Crippen molar-refractivity contribution in [2.45, 2.75) is 61.3 Å². The highest BCUT2D eigenvalue weighted by molar-refractivity contribution is 9.10. The van der Waals surface area contributed by atoms with Gasteiger partial charge in [0.15, 0.2) is 6.79 Å². The molecular weight excluding hydrogens is 488 g/mol. The number of halogens is 1. The van der Waals surface area contributed by atoms with Crippen molar-refractivity contribution in [3.8, 4) is 11.5 Å². The molecule has 180 valence electrons. The topological polar surface area (TPSA) is 71.1 Å². The summed E-state index contributed by atoms with van der Waals surface area (Å²) >= 11 is 3.57. The van der Waals surface area contributed by atoms with Crippen molar-refractivity contribution < 1.29 is 28.5 Å². The van der Waals surface area contributed by atoms with Crippen molar-refractivity contribution in [3.63, 3.8) is 0 Å². The molecule has 0 aliphatic heterocycles. The van der Waals surface area contributed by atoms with E-state index in [1.165, 1.54) is 7.11 Å². The molecule has 0 spiro atoms. The molecule has 0 fully saturated rings. The predicted molar refractivity (Wildman–Crippen MR) is 132 cm³/mol. The van der Waals surface area contributed by atoms with Crippen LogP contribution in [0.4, 0.5) is 0 Å². The summed E-state index contributed by atoms with van der Waals surface area (Å²) in [5, 5.41) is 0. The molecular formula is C26H33BrO6. The minimum Gasteiger partial charge on any atom is -0.492 e. The summed E-state index contributed by atoms with van der Waals surface area (Å²) in [6.07, 6.45) is 2.00. The third kappa shape index (κ3) is 5.76. The van der Waals surface area contributed by atoms with Gasteiger partial charge >= 0.3 is 11.9 Å². The Kier molecular flexibility index (Phi) is 9.49. The lowest BCUT2D eigenvalue weighted by Crippen LogP contribution is -2.17. The first-order valence-electron chi connectivity index (χ1n) is 11.0. The summed E-state index contributed by atoms with van der Waals surface area (Å²) in [6, 6.07) is 1.86. The number of ether oxygens (including phenoxy) is 4. The minimum atomic E-state index is -0.467. The molecule has 2 rings (SSSR count). The zero-order valence-corrected chi connectivity index (χ0v) is 22.3. The van der Waals surface area contributed by atoms with Crippen molar-refractivity contribution in [1.29, 1.82) is 0 Å². The van der Waals surface area contributed by atoms with Gasteiger partial charge in [-0.25, -0.2) is 9.59 Å². The van der Waals surface area contributed by atoms with Gasteiger partial charge in [0.05, 0.1) is 22.2 Å². The van der Waals surface area contributed by atoms with Gasteiger partial charge < -0.3 is 18.9 Å². The fourth-order valence-corrected chi connectivity index (χ4v) is 4.16. The summed E-state index contributed by atoms with van der Waals surface area (Å²) in [5.74, 6) is 0.250. The van der Waals surface area contributed by atoms with Gasteiger partial charge in [-0.15, -0.1) is 0 Å². The van der Waals surface area contributed by atoms with Gasteiger partial charge in [0.25, 0.3) is 0 Å². The molecule has 0 radical (unpaired) electrons. The lowest BCUT2D eigenvalue weighted by atomic mass is 9.93. The van der Waals surface area contributed by atoms with E-state index < -0.39 is 11.9 Å². The number of hydrogen-bond donors (Lipinski definition) is 0. The van der Waals surface area contributed by atoms with Crippen LogP contribution >= 0.6 is 15.9 Å². The van der Waals surface area contributed by atoms with Gasteiger partial charge in [-0.05, 0) is 103 Å². The smallest absolute Gasteiger partial charge is 0.344 e. The fraction of sp³-hybridized carbons (Fsp3) is 0.462. The highest BCUT2D eigenvalue weighted by Crippen LogP contribution is 2.36. The standard InChI is InChI=1S/C26H33BrO6/c1-9-10-11-31-20-12-14(2)21(19(7)23(20)27)26(29)33-24-17(5)15(3)22(16(4)18(24)6)25(28)32-13-30-8/h12H,9-11,13H2,1-8H3. The molecule has 0 bridgehead atoms. The van der Waals surface area contributed by atoms with Gasteiger partial charge in [0.1, 0.15) is 11.5 Å². The molecule has 0 saturated carbocycles. The number of esters is 2. The molecule has 0 heterocycles. The molecule has 2 aromatic carbocycles. The maximum Gasteiger partial charge on any atom is 0.344 e. The SMILES string of the molecule is CCCCOc1cc(C)c(C(=O)Oc2c(C)c(C)c(C(=O)OCOC)c(C)c2C)c(C)c1Br. The molecule has 0 unspecified atom stereocenters. The quantitative estimate of drug-likeness (QED) is 0.163. The molecule has 0 atom stereocenters. The van der Waals surface area contributed by atoms with Crippen LogP contribution in [0.1, 0.15) is 73.9 Å². The molecule has 0 aliphatic rings. The summed E-state index contributed by atoms with van der Waals surface area (Å²) in [4.78, 5) is 25.8. The Morgan fingerprint density at radius 3 is 2.03 bits per heavy atom. The normalized spacial score (nSPS) is 10.8. The second-order valence-corrected chi connectivity index (χ2v) is 8.93. The lowest BCUT2D eigenvalue weighted by Gasteiger charge is -2.20. The molecule has 0 amide bonds. The second kappa shape index (κ2) is 11.7. The van der Waals surface area contributed by atoms with Crippen LogP contribution in [0, 0.1) is 41.5 Å². The van der Waals surface area contributed by atoms with E-state index in [1.54, 1.807) is 0 Å². The van der Waals surface area contributed by atoms with Gasteiger partial charge in [-0.2, -0.15) is 0 Å². The number of unbranched alkanes of at least 4 members (excludes halogenated alkanes) is 1. The molecule has 0 saturated heterocycles. The number of carbonyl (C=O) groups is 2. The zero-order chi connectivity index (χ0) is 24.9. The van der Waals surface area contributed by atoms with E-state index in [0.29, 0.717) is 51.5 Å². The lowest BCUT2D eigenvalue weighted by molar-refractivity contribution is -0.0126. The number of benzene rings is 2. The Balaban J connectivity index is 2.43. The second-order valence-electron chi connectivity index (χ2n) is 8.14. The number of carbonyl (C=O) groups excluding carboxylic acids is 2. The molecule has 0 aliphatic carbocycles. The number of hydrogen-bond acceptors (Lipinski definition) is 6. The number of methoxy groups -OCH3 is 1. The van der Waals surface area contributed by atoms with E-state index in [9.17, 15) is 9.59 Å². The van der Waals surface area contributed by atoms with Crippen LogP contribution in [0.15, 0.2) is 10.5 Å². The molecule has 6 nitrogen and oxygen atoms in total. The van der Waals surface area contributed by atoms with Gasteiger partial charge in [0.2, 0.25) is 0 Å². The van der Waals surface area contributed by atoms with Crippen molar-refractivity contribution in [2.24, 2.45) is 0 Å². The van der Waals surface area contributed by atoms with E-state index in [4.69, 9.17) is 18.9 Å². The highest BCUT2D eigenvalue weighted by atomic mass is 79.9. The fourth-order valence-electron chi connectivity index (χ4n) is 3.73. The Morgan fingerprint density at radius 2 is 1.48 bits per heavy atom. The van der Waals surface area contributed by atoms with E-state index in [1.807, 2.05) is 47.6 Å². The van der Waals surface area contributed by atoms with Crippen molar-refractivity contribution in [3.05, 3.63) is 55.0 Å². The maximum absolute atomic E-state index is 13.3. The molecule has 2 aromatic rings. The average Bonchev–Trinajstić information content (AvgIpc) is 2.77. The summed E-state index contributed by atoms with van der Waals surface area (Å²) in [7, 11) is 1.46. The first-order chi connectivity index (χ1) is 15.6. The van der Waals surface area contributed by atoms with Crippen molar-refractivity contribution in [2.75, 3.05) is 20.5 Å². The monoisotopic (exact) mass is 520 g/mol. The first-order valence-corrected chi connectivity index (χ1v) is 11.8. The van der Waals surface area contributed by atoms with Crippen LogP contribution in [0.2, 0.25) is 0 Å². The van der Waals surface area contributed by atoms with Crippen molar-refractivity contribution >= 4 is 27.9 Å². The minimum absolute atomic E-state index is 0.127. The van der Waals surface area contributed by atoms with Crippen LogP contribution in [-0.4, -0.2) is 32.4 Å². The number of rotatable bonds is 9. The van der Waals surface area contributed by atoms with E-state index in [2.05, 4.69) is 22.9 Å². The van der Waals surface area contributed by atoms with Crippen molar-refractivity contribution in [1.82, 2.24) is 0 Å². The molecule has 0 N–H and O–H groups in total. The van der Waals surface area contributed by atoms with Gasteiger partial charge in [0, 0.05) is 7.11 Å². The largest absolute Gasteiger partial charge is 0.492 e. The van der Waals surface area contributed by atoms with E-state index in [0.717, 1.165) is 28.4 Å². The Bertz CT molecular complexity index is 1030. The maximum atomic E-state index is 13.3. The Morgan fingerprint density at radius 1 is 0.879 bits per heavy atom. The Labute approximate surface area is 204 Å². The van der Waals surface area contributed by atoms with Gasteiger partial charge in [-0.3, -0.25) is 0 Å². The van der Waals surface area contributed by atoms with Crippen LogP contribution in [0.3, 0.4) is 0 Å². The van der Waals surface area contributed by atoms with E-state index in [-0.39, 0.29) is 6.79 Å². The third-order valence-corrected chi connectivity index (χ3v) is 6.87. The van der Waals surface area contributed by atoms with Crippen LogP contribution in [0.5, 0.6) is 11.5 Å². The molecule has 33 heavy (non-hydrogen) atoms. The molecule has 0 aromatic heterocycles. The van der Waals surface area contributed by atoms with Crippen LogP contribution < -0.4 is 9.47 Å². The van der Waals surface area contributed by atoms with Crippen LogP contribution in [-0.2, 0) is 9.47 Å². The predicted octanol–water partition coefficient (Wildman–Crippen LogP) is 6.46. The third-order valence-electron chi connectivity index (χ3n) is 5.89. The zero-order valence-electron chi connectivity index (χ0n) is 20.7. The van der Waals surface area contributed by atoms with E-state index >= 15 is 0 Å². The highest BCUT2D eigenvalue weighted by Gasteiger charge is 2.25. The summed E-state index contributed by atoms with van der Waals surface area (Å²) < 4.78 is 22.5.